The van der Waals surface area contributed by atoms with Gasteiger partial charge < -0.3 is 4.90 Å². The quantitative estimate of drug-likeness (QED) is 0.581. The van der Waals surface area contributed by atoms with E-state index in [2.05, 4.69) is 31.0 Å². The van der Waals surface area contributed by atoms with Crippen molar-refractivity contribution in [2.45, 2.75) is 77.3 Å². The standard InChI is InChI=1S/C17H35NSi/c1-4-15-19(6-3,16-5-2)17-18-13-11-9-7-8-10-12-14-18/h6H,3-5,7-17H2,1-2H3. The predicted octanol–water partition coefficient (Wildman–Crippen LogP) is 5.18. The molecule has 0 aliphatic carbocycles. The Morgan fingerprint density at radius 2 is 1.37 bits per heavy atom. The molecule has 2 heteroatoms. The monoisotopic (exact) mass is 281 g/mol. The van der Waals surface area contributed by atoms with Crippen LogP contribution in [0.2, 0.25) is 12.1 Å². The van der Waals surface area contributed by atoms with E-state index in [0.717, 1.165) is 0 Å². The third-order valence-electron chi connectivity index (χ3n) is 4.67. The van der Waals surface area contributed by atoms with Gasteiger partial charge in [0.15, 0.2) is 0 Å². The number of hydrogen-bond acceptors (Lipinski definition) is 1. The third-order valence-corrected chi connectivity index (χ3v) is 9.60. The van der Waals surface area contributed by atoms with Crippen LogP contribution < -0.4 is 0 Å². The number of rotatable bonds is 7. The van der Waals surface area contributed by atoms with E-state index in [1.54, 1.807) is 0 Å². The van der Waals surface area contributed by atoms with Crippen LogP contribution in [0.5, 0.6) is 0 Å². The topological polar surface area (TPSA) is 3.24 Å². The highest BCUT2D eigenvalue weighted by Crippen LogP contribution is 2.23. The van der Waals surface area contributed by atoms with E-state index in [1.165, 1.54) is 82.7 Å². The molecule has 1 heterocycles. The molecular weight excluding hydrogens is 246 g/mol. The summed E-state index contributed by atoms with van der Waals surface area (Å²) in [7, 11) is -1.22. The van der Waals surface area contributed by atoms with E-state index in [1.807, 2.05) is 0 Å². The Morgan fingerprint density at radius 1 is 0.895 bits per heavy atom. The lowest BCUT2D eigenvalue weighted by atomic mass is 10.1. The Morgan fingerprint density at radius 3 is 1.79 bits per heavy atom. The van der Waals surface area contributed by atoms with Crippen LogP contribution in [0.1, 0.15) is 65.2 Å². The summed E-state index contributed by atoms with van der Waals surface area (Å²) in [5, 5.41) is 0. The minimum atomic E-state index is -1.22. The van der Waals surface area contributed by atoms with Crippen LogP contribution >= 0.6 is 0 Å². The van der Waals surface area contributed by atoms with Gasteiger partial charge in [-0.3, -0.25) is 0 Å². The van der Waals surface area contributed by atoms with Gasteiger partial charge in [0.1, 0.15) is 0 Å². The molecule has 1 nitrogen and oxygen atoms in total. The van der Waals surface area contributed by atoms with Gasteiger partial charge in [-0.15, -0.1) is 12.3 Å². The van der Waals surface area contributed by atoms with Crippen molar-refractivity contribution >= 4 is 8.07 Å². The van der Waals surface area contributed by atoms with Crippen LogP contribution in [0.25, 0.3) is 0 Å². The highest BCUT2D eigenvalue weighted by molar-refractivity contribution is 6.84. The Labute approximate surface area is 122 Å². The molecular formula is C17H35NSi. The summed E-state index contributed by atoms with van der Waals surface area (Å²) in [5.41, 5.74) is 2.41. The SMILES string of the molecule is C=C[Si](CCC)(CCC)CN1CCCCCCCC1. The first-order valence-corrected chi connectivity index (χ1v) is 11.3. The minimum Gasteiger partial charge on any atom is -0.306 e. The normalized spacial score (nSPS) is 19.5. The van der Waals surface area contributed by atoms with Crippen molar-refractivity contribution in [3.05, 3.63) is 12.3 Å². The smallest absolute Gasteiger partial charge is 0.0915 e. The number of nitrogens with zero attached hydrogens (tertiary/aromatic N) is 1. The highest BCUT2D eigenvalue weighted by Gasteiger charge is 2.29. The van der Waals surface area contributed by atoms with Crippen molar-refractivity contribution < 1.29 is 0 Å². The summed E-state index contributed by atoms with van der Waals surface area (Å²) in [6.45, 7) is 11.6. The van der Waals surface area contributed by atoms with Crippen molar-refractivity contribution in [2.75, 3.05) is 19.3 Å². The fourth-order valence-corrected chi connectivity index (χ4v) is 7.94. The van der Waals surface area contributed by atoms with Crippen molar-refractivity contribution in [2.24, 2.45) is 0 Å². The molecule has 0 unspecified atom stereocenters. The Kier molecular flexibility index (Phi) is 8.72. The molecule has 0 amide bonds. The van der Waals surface area contributed by atoms with Crippen molar-refractivity contribution in [3.63, 3.8) is 0 Å². The molecule has 0 bridgehead atoms. The second-order valence-electron chi connectivity index (χ2n) is 6.46. The predicted molar refractivity (Wildman–Crippen MR) is 90.3 cm³/mol. The first-order chi connectivity index (χ1) is 9.26. The molecule has 19 heavy (non-hydrogen) atoms. The fourth-order valence-electron chi connectivity index (χ4n) is 3.64. The Bertz CT molecular complexity index is 223. The van der Waals surface area contributed by atoms with Crippen LogP contribution in [0, 0.1) is 0 Å². The second kappa shape index (κ2) is 9.76. The summed E-state index contributed by atoms with van der Waals surface area (Å²) < 4.78 is 0. The van der Waals surface area contributed by atoms with Crippen LogP contribution in [-0.4, -0.2) is 32.2 Å². The average Bonchev–Trinajstić information content (AvgIpc) is 2.53. The second-order valence-corrected chi connectivity index (χ2v) is 10.9. The molecule has 1 aliphatic heterocycles. The number of hydrogen-bond donors (Lipinski definition) is 0. The summed E-state index contributed by atoms with van der Waals surface area (Å²) in [6, 6.07) is 2.89. The summed E-state index contributed by atoms with van der Waals surface area (Å²) in [4.78, 5) is 2.80. The van der Waals surface area contributed by atoms with Crippen LogP contribution in [0.15, 0.2) is 12.3 Å². The molecule has 0 aromatic carbocycles. The van der Waals surface area contributed by atoms with E-state index in [4.69, 9.17) is 0 Å². The Balaban J connectivity index is 2.60. The van der Waals surface area contributed by atoms with Gasteiger partial charge in [0.05, 0.1) is 8.07 Å². The molecule has 0 atom stereocenters. The zero-order valence-corrected chi connectivity index (χ0v) is 14.4. The highest BCUT2D eigenvalue weighted by atomic mass is 28.3. The zero-order chi connectivity index (χ0) is 14.0. The molecule has 1 fully saturated rings. The maximum absolute atomic E-state index is 4.23. The molecule has 112 valence electrons. The summed E-state index contributed by atoms with van der Waals surface area (Å²) >= 11 is 0. The largest absolute Gasteiger partial charge is 0.306 e. The van der Waals surface area contributed by atoms with E-state index in [-0.39, 0.29) is 0 Å². The first kappa shape index (κ1) is 17.0. The summed E-state index contributed by atoms with van der Waals surface area (Å²) in [6.07, 6.45) is 12.7. The van der Waals surface area contributed by atoms with Gasteiger partial charge in [-0.05, 0) is 32.1 Å². The van der Waals surface area contributed by atoms with Gasteiger partial charge in [-0.2, -0.15) is 0 Å². The zero-order valence-electron chi connectivity index (χ0n) is 13.4. The molecule has 0 N–H and O–H groups in total. The van der Waals surface area contributed by atoms with Gasteiger partial charge in [-0.25, -0.2) is 0 Å². The fraction of sp³-hybridized carbons (Fsp3) is 0.882. The molecule has 1 aliphatic rings. The third kappa shape index (κ3) is 6.27. The van der Waals surface area contributed by atoms with E-state index < -0.39 is 8.07 Å². The van der Waals surface area contributed by atoms with E-state index >= 15 is 0 Å². The van der Waals surface area contributed by atoms with E-state index in [9.17, 15) is 0 Å². The average molecular weight is 282 g/mol. The lowest BCUT2D eigenvalue weighted by molar-refractivity contribution is 0.305. The van der Waals surface area contributed by atoms with E-state index in [0.29, 0.717) is 0 Å². The van der Waals surface area contributed by atoms with Gasteiger partial charge in [0, 0.05) is 0 Å². The van der Waals surface area contributed by atoms with Crippen molar-refractivity contribution in [1.82, 2.24) is 4.90 Å². The molecule has 0 radical (unpaired) electrons. The lowest BCUT2D eigenvalue weighted by Gasteiger charge is -2.34. The lowest BCUT2D eigenvalue weighted by Crippen LogP contribution is -2.46. The van der Waals surface area contributed by atoms with Gasteiger partial charge in [0.2, 0.25) is 0 Å². The molecule has 0 spiro atoms. The molecule has 0 aromatic heterocycles. The minimum absolute atomic E-state index is 1.22. The molecule has 0 saturated carbocycles. The van der Waals surface area contributed by atoms with Crippen LogP contribution in [0.4, 0.5) is 0 Å². The van der Waals surface area contributed by atoms with Gasteiger partial charge >= 0.3 is 0 Å². The van der Waals surface area contributed by atoms with Crippen LogP contribution in [0.3, 0.4) is 0 Å². The maximum Gasteiger partial charge on any atom is 0.0915 e. The van der Waals surface area contributed by atoms with Crippen molar-refractivity contribution in [1.29, 1.82) is 0 Å². The maximum atomic E-state index is 4.23. The van der Waals surface area contributed by atoms with Crippen molar-refractivity contribution in [3.8, 4) is 0 Å². The van der Waals surface area contributed by atoms with Gasteiger partial charge in [0.25, 0.3) is 0 Å². The van der Waals surface area contributed by atoms with Crippen LogP contribution in [-0.2, 0) is 0 Å². The summed E-state index contributed by atoms with van der Waals surface area (Å²) in [5.74, 6) is 0. The Hall–Kier alpha value is -0.0831. The van der Waals surface area contributed by atoms with Gasteiger partial charge in [-0.1, -0.05) is 64.5 Å². The molecule has 1 rings (SSSR count). The first-order valence-electron chi connectivity index (χ1n) is 8.62. The molecule has 1 saturated heterocycles. The molecule has 0 aromatic rings.